The number of carbonyl (C=O) groups is 4. The van der Waals surface area contributed by atoms with E-state index in [1.54, 1.807) is 54.3 Å². The quantitative estimate of drug-likeness (QED) is 0.674. The molecule has 166 valence electrons. The van der Waals surface area contributed by atoms with Gasteiger partial charge >= 0.3 is 0 Å². The minimum absolute atomic E-state index is 0.108. The van der Waals surface area contributed by atoms with Crippen LogP contribution in [0.3, 0.4) is 0 Å². The highest BCUT2D eigenvalue weighted by Gasteiger charge is 2.34. The molecule has 2 heterocycles. The Bertz CT molecular complexity index is 1060. The number of hydrogen-bond donors (Lipinski definition) is 1. The van der Waals surface area contributed by atoms with Crippen LogP contribution in [0.2, 0.25) is 0 Å². The van der Waals surface area contributed by atoms with Gasteiger partial charge in [-0.05, 0) is 50.1 Å². The Balaban J connectivity index is 1.36. The number of carbonyl (C=O) groups excluding carboxylic acids is 4. The average molecular weight is 435 g/mol. The van der Waals surface area contributed by atoms with Crippen molar-refractivity contribution in [2.45, 2.75) is 39.2 Å². The topological polar surface area (TPSA) is 96.0 Å². The summed E-state index contributed by atoms with van der Waals surface area (Å²) in [6, 6.07) is 11.9. The molecule has 4 amide bonds. The molecule has 0 bridgehead atoms. The third kappa shape index (κ3) is 3.95. The van der Waals surface area contributed by atoms with Gasteiger partial charge in [0, 0.05) is 25.2 Å². The number of rotatable bonds is 7. The predicted molar refractivity (Wildman–Crippen MR) is 119 cm³/mol. The molecule has 8 nitrogen and oxygen atoms in total. The zero-order valence-electron chi connectivity index (χ0n) is 18.1. The van der Waals surface area contributed by atoms with E-state index in [-0.39, 0.29) is 36.6 Å². The second-order valence-electron chi connectivity index (χ2n) is 7.89. The predicted octanol–water partition coefficient (Wildman–Crippen LogP) is 3.23. The molecule has 0 saturated heterocycles. The first-order valence-corrected chi connectivity index (χ1v) is 10.8. The van der Waals surface area contributed by atoms with Gasteiger partial charge in [0.15, 0.2) is 6.10 Å². The minimum Gasteiger partial charge on any atom is -0.479 e. The number of anilines is 2. The van der Waals surface area contributed by atoms with Gasteiger partial charge in [0.05, 0.1) is 16.8 Å². The molecular formula is C24H25N3O5. The van der Waals surface area contributed by atoms with Crippen molar-refractivity contribution in [2.75, 3.05) is 23.3 Å². The fourth-order valence-corrected chi connectivity index (χ4v) is 4.00. The van der Waals surface area contributed by atoms with E-state index in [2.05, 4.69) is 5.32 Å². The lowest BCUT2D eigenvalue weighted by Crippen LogP contribution is -2.44. The third-order valence-electron chi connectivity index (χ3n) is 5.56. The van der Waals surface area contributed by atoms with Gasteiger partial charge in [-0.25, -0.2) is 0 Å². The molecule has 4 rings (SSSR count). The lowest BCUT2D eigenvalue weighted by molar-refractivity contribution is -0.125. The molecule has 1 N–H and O–H groups in total. The second kappa shape index (κ2) is 8.82. The normalized spacial score (nSPS) is 17.2. The first-order valence-electron chi connectivity index (χ1n) is 10.8. The third-order valence-corrected chi connectivity index (χ3v) is 5.56. The van der Waals surface area contributed by atoms with Gasteiger partial charge < -0.3 is 15.0 Å². The molecule has 2 aromatic rings. The van der Waals surface area contributed by atoms with Crippen LogP contribution in [0.5, 0.6) is 5.75 Å². The molecule has 0 aliphatic carbocycles. The van der Waals surface area contributed by atoms with Crippen molar-refractivity contribution in [1.29, 1.82) is 0 Å². The van der Waals surface area contributed by atoms with Crippen LogP contribution in [-0.4, -0.2) is 47.7 Å². The summed E-state index contributed by atoms with van der Waals surface area (Å²) in [7, 11) is 0. The zero-order chi connectivity index (χ0) is 22.8. The van der Waals surface area contributed by atoms with Crippen molar-refractivity contribution in [3.8, 4) is 5.75 Å². The zero-order valence-corrected chi connectivity index (χ0v) is 18.1. The summed E-state index contributed by atoms with van der Waals surface area (Å²) in [4.78, 5) is 52.6. The van der Waals surface area contributed by atoms with Crippen LogP contribution in [0.25, 0.3) is 0 Å². The average Bonchev–Trinajstić information content (AvgIpc) is 3.02. The number of imide groups is 1. The van der Waals surface area contributed by atoms with Gasteiger partial charge in [0.25, 0.3) is 17.7 Å². The van der Waals surface area contributed by atoms with E-state index in [0.29, 0.717) is 41.2 Å². The summed E-state index contributed by atoms with van der Waals surface area (Å²) >= 11 is 0. The van der Waals surface area contributed by atoms with Crippen LogP contribution in [0.15, 0.2) is 42.5 Å². The highest BCUT2D eigenvalue weighted by Crippen LogP contribution is 2.36. The molecular weight excluding hydrogens is 410 g/mol. The molecule has 0 fully saturated rings. The van der Waals surface area contributed by atoms with Gasteiger partial charge in [-0.2, -0.15) is 0 Å². The Morgan fingerprint density at radius 1 is 1.00 bits per heavy atom. The lowest BCUT2D eigenvalue weighted by Gasteiger charge is -2.33. The largest absolute Gasteiger partial charge is 0.479 e. The smallest absolute Gasteiger partial charge is 0.267 e. The summed E-state index contributed by atoms with van der Waals surface area (Å²) in [6.07, 6.45) is 0.752. The van der Waals surface area contributed by atoms with Crippen LogP contribution in [-0.2, 0) is 9.59 Å². The Kier molecular flexibility index (Phi) is 5.94. The van der Waals surface area contributed by atoms with Crippen molar-refractivity contribution in [1.82, 2.24) is 4.90 Å². The van der Waals surface area contributed by atoms with E-state index in [1.165, 1.54) is 4.90 Å². The van der Waals surface area contributed by atoms with Crippen molar-refractivity contribution in [3.05, 3.63) is 53.6 Å². The number of fused-ring (bicyclic) bond motifs is 2. The number of amides is 4. The second-order valence-corrected chi connectivity index (χ2v) is 7.89. The van der Waals surface area contributed by atoms with Crippen LogP contribution in [0.4, 0.5) is 11.4 Å². The Morgan fingerprint density at radius 3 is 2.34 bits per heavy atom. The van der Waals surface area contributed by atoms with Crippen LogP contribution >= 0.6 is 0 Å². The molecule has 0 radical (unpaired) electrons. The molecule has 2 aromatic carbocycles. The first-order chi connectivity index (χ1) is 15.4. The molecule has 2 aliphatic heterocycles. The standard InChI is InChI=1S/C24H25N3O5/c1-3-12-26-19-14-16(10-11-20(19)32-15(2)22(26)29)25-21(28)9-6-13-27-23(30)17-7-4-5-8-18(17)24(27)31/h4-5,7-8,10-11,14-15H,3,6,9,12-13H2,1-2H3,(H,25,28). The number of hydrogen-bond acceptors (Lipinski definition) is 5. The minimum atomic E-state index is -0.545. The Hall–Kier alpha value is -3.68. The lowest BCUT2D eigenvalue weighted by atomic mass is 10.1. The maximum atomic E-state index is 12.5. The van der Waals surface area contributed by atoms with Gasteiger partial charge in [0.2, 0.25) is 5.91 Å². The monoisotopic (exact) mass is 435 g/mol. The fraction of sp³-hybridized carbons (Fsp3) is 0.333. The van der Waals surface area contributed by atoms with Gasteiger partial charge in [0.1, 0.15) is 5.75 Å². The summed E-state index contributed by atoms with van der Waals surface area (Å²) < 4.78 is 5.68. The van der Waals surface area contributed by atoms with Gasteiger partial charge in [-0.1, -0.05) is 19.1 Å². The van der Waals surface area contributed by atoms with Crippen LogP contribution < -0.4 is 15.0 Å². The van der Waals surface area contributed by atoms with Crippen LogP contribution in [0.1, 0.15) is 53.8 Å². The SMILES string of the molecule is CCCN1C(=O)C(C)Oc2ccc(NC(=O)CCCN3C(=O)c4ccccc4C3=O)cc21. The molecule has 1 unspecified atom stereocenters. The van der Waals surface area contributed by atoms with E-state index in [0.717, 1.165) is 6.42 Å². The van der Waals surface area contributed by atoms with Crippen molar-refractivity contribution in [2.24, 2.45) is 0 Å². The van der Waals surface area contributed by atoms with E-state index >= 15 is 0 Å². The van der Waals surface area contributed by atoms with Crippen molar-refractivity contribution in [3.63, 3.8) is 0 Å². The molecule has 0 saturated carbocycles. The highest BCUT2D eigenvalue weighted by atomic mass is 16.5. The summed E-state index contributed by atoms with van der Waals surface area (Å²) in [5, 5.41) is 2.82. The summed E-state index contributed by atoms with van der Waals surface area (Å²) in [6.45, 7) is 4.46. The number of benzene rings is 2. The number of ether oxygens (including phenoxy) is 1. The highest BCUT2D eigenvalue weighted by molar-refractivity contribution is 6.21. The van der Waals surface area contributed by atoms with Crippen molar-refractivity contribution < 1.29 is 23.9 Å². The van der Waals surface area contributed by atoms with Crippen LogP contribution in [0, 0.1) is 0 Å². The summed E-state index contributed by atoms with van der Waals surface area (Å²) in [5.74, 6) is -0.385. The number of nitrogens with zero attached hydrogens (tertiary/aromatic N) is 2. The Labute approximate surface area is 186 Å². The van der Waals surface area contributed by atoms with E-state index in [1.807, 2.05) is 6.92 Å². The van der Waals surface area contributed by atoms with Crippen molar-refractivity contribution >= 4 is 35.0 Å². The maximum Gasteiger partial charge on any atom is 0.267 e. The van der Waals surface area contributed by atoms with Gasteiger partial charge in [-0.3, -0.25) is 24.1 Å². The molecule has 1 atom stereocenters. The fourth-order valence-electron chi connectivity index (χ4n) is 4.00. The molecule has 32 heavy (non-hydrogen) atoms. The van der Waals surface area contributed by atoms with Gasteiger partial charge in [-0.15, -0.1) is 0 Å². The Morgan fingerprint density at radius 2 is 1.69 bits per heavy atom. The van der Waals surface area contributed by atoms with E-state index in [4.69, 9.17) is 4.74 Å². The van der Waals surface area contributed by atoms with E-state index < -0.39 is 6.10 Å². The number of nitrogens with one attached hydrogen (secondary N) is 1. The molecule has 2 aliphatic rings. The van der Waals surface area contributed by atoms with E-state index in [9.17, 15) is 19.2 Å². The summed E-state index contributed by atoms with van der Waals surface area (Å²) in [5.41, 5.74) is 2.00. The first kappa shape index (κ1) is 21.5. The molecule has 0 aromatic heterocycles. The maximum absolute atomic E-state index is 12.5. The molecule has 0 spiro atoms. The molecule has 8 heteroatoms.